The Morgan fingerprint density at radius 1 is 0.783 bits per heavy atom. The number of halogens is 2. The summed E-state index contributed by atoms with van der Waals surface area (Å²) in [5, 5.41) is 0. The quantitative estimate of drug-likeness (QED) is 0.520. The zero-order chi connectivity index (χ0) is 15.2. The van der Waals surface area contributed by atoms with Gasteiger partial charge in [0.15, 0.2) is 0 Å². The number of hydrogen-bond acceptors (Lipinski definition) is 0. The first-order valence-corrected chi connectivity index (χ1v) is 11.2. The monoisotopic (exact) mass is 430 g/mol. The molecule has 2 aliphatic rings. The summed E-state index contributed by atoms with van der Waals surface area (Å²) in [6.45, 7) is 9.18. The third kappa shape index (κ3) is 7.05. The van der Waals surface area contributed by atoms with Gasteiger partial charge >= 0.3 is 143 Å². The molecule has 0 heterocycles. The standard InChI is InChI=1S/2C10H15.2ClH.Zr/c2*1-3-4-5-10-7-6-9(2)8-10;;;/h2*6,8,10H,3-5H2,1-2H3;2*1H;/q;;;;+2/p-2. The first-order valence-electron chi connectivity index (χ1n) is 8.71. The Morgan fingerprint density at radius 3 is 1.52 bits per heavy atom. The van der Waals surface area contributed by atoms with Crippen LogP contribution < -0.4 is 24.8 Å². The van der Waals surface area contributed by atoms with E-state index in [0.717, 1.165) is 11.8 Å². The Kier molecular flexibility index (Phi) is 12.1. The topological polar surface area (TPSA) is 0 Å². The van der Waals surface area contributed by atoms with E-state index in [1.54, 1.807) is 0 Å². The molecule has 0 N–H and O–H groups in total. The molecule has 0 saturated heterocycles. The second-order valence-corrected chi connectivity index (χ2v) is 10.1. The van der Waals surface area contributed by atoms with Gasteiger partial charge in [0.2, 0.25) is 0 Å². The largest absolute Gasteiger partial charge is 1.00 e. The zero-order valence-corrected chi connectivity index (χ0v) is 18.9. The van der Waals surface area contributed by atoms with Gasteiger partial charge in [-0.15, -0.1) is 0 Å². The summed E-state index contributed by atoms with van der Waals surface area (Å²) in [5.74, 6) is 1.57. The molecule has 0 spiro atoms. The maximum atomic E-state index is 2.53. The molecule has 2 atom stereocenters. The number of unbranched alkanes of at least 4 members (excludes halogenated alkanes) is 2. The summed E-state index contributed by atoms with van der Waals surface area (Å²) in [7, 11) is 0. The van der Waals surface area contributed by atoms with Crippen LogP contribution in [0.4, 0.5) is 0 Å². The van der Waals surface area contributed by atoms with Gasteiger partial charge in [0.1, 0.15) is 0 Å². The van der Waals surface area contributed by atoms with Gasteiger partial charge in [0.05, 0.1) is 0 Å². The van der Waals surface area contributed by atoms with E-state index in [0.29, 0.717) is 0 Å². The van der Waals surface area contributed by atoms with E-state index in [4.69, 9.17) is 0 Å². The molecule has 0 aromatic carbocycles. The van der Waals surface area contributed by atoms with Crippen molar-refractivity contribution < 1.29 is 48.0 Å². The van der Waals surface area contributed by atoms with Crippen LogP contribution in [-0.4, -0.2) is 0 Å². The van der Waals surface area contributed by atoms with Crippen LogP contribution in [0.3, 0.4) is 0 Å². The second kappa shape index (κ2) is 11.9. The summed E-state index contributed by atoms with van der Waals surface area (Å²) in [6.07, 6.45) is 18.3. The fourth-order valence-corrected chi connectivity index (χ4v) is 7.69. The molecule has 0 fully saturated rings. The van der Waals surface area contributed by atoms with E-state index in [2.05, 4.69) is 52.0 Å². The van der Waals surface area contributed by atoms with Crippen LogP contribution in [0.1, 0.15) is 66.2 Å². The minimum atomic E-state index is -0.553. The molecule has 0 nitrogen and oxygen atoms in total. The average molecular weight is 433 g/mol. The van der Waals surface area contributed by atoms with Crippen LogP contribution >= 0.6 is 0 Å². The molecule has 0 radical (unpaired) electrons. The number of allylic oxidation sites excluding steroid dienone is 8. The normalized spacial score (nSPS) is 22.3. The van der Waals surface area contributed by atoms with E-state index < -0.39 is 23.2 Å². The Labute approximate surface area is 167 Å². The molecule has 3 heteroatoms. The van der Waals surface area contributed by atoms with Gasteiger partial charge < -0.3 is 24.8 Å². The molecular weight excluding hydrogens is 402 g/mol. The SMILES string of the molecule is CCCCC1C=C(C)C=[C]1[Zr+2][C]1=CC(C)=CC1CCCC.[Cl-].[Cl-]. The maximum absolute atomic E-state index is 2.53. The van der Waals surface area contributed by atoms with Gasteiger partial charge in [-0.2, -0.15) is 0 Å². The van der Waals surface area contributed by atoms with Crippen LogP contribution in [0.5, 0.6) is 0 Å². The van der Waals surface area contributed by atoms with Crippen LogP contribution in [0, 0.1) is 11.8 Å². The van der Waals surface area contributed by atoms with Crippen molar-refractivity contribution in [2.45, 2.75) is 66.2 Å². The molecule has 128 valence electrons. The fraction of sp³-hybridized carbons (Fsp3) is 0.600. The van der Waals surface area contributed by atoms with E-state index in [-0.39, 0.29) is 24.8 Å². The third-order valence-electron chi connectivity index (χ3n) is 4.52. The average Bonchev–Trinajstić information content (AvgIpc) is 2.97. The first-order chi connectivity index (χ1) is 10.1. The van der Waals surface area contributed by atoms with Crippen LogP contribution in [0.25, 0.3) is 0 Å². The van der Waals surface area contributed by atoms with Crippen molar-refractivity contribution >= 4 is 0 Å². The minimum absolute atomic E-state index is 0. The summed E-state index contributed by atoms with van der Waals surface area (Å²) < 4.78 is 3.67. The smallest absolute Gasteiger partial charge is 1.00 e. The van der Waals surface area contributed by atoms with Crippen molar-refractivity contribution in [1.29, 1.82) is 0 Å². The summed E-state index contributed by atoms with van der Waals surface area (Å²) in [4.78, 5) is 0. The van der Waals surface area contributed by atoms with E-state index in [1.807, 2.05) is 6.56 Å². The number of rotatable bonds is 8. The molecule has 0 aliphatic heterocycles. The Hall–Kier alpha value is 0.423. The summed E-state index contributed by atoms with van der Waals surface area (Å²) in [6, 6.07) is 0. The van der Waals surface area contributed by atoms with Crippen LogP contribution in [0.2, 0.25) is 0 Å². The predicted octanol–water partition coefficient (Wildman–Crippen LogP) is 0.377. The molecule has 2 aliphatic carbocycles. The van der Waals surface area contributed by atoms with E-state index in [9.17, 15) is 0 Å². The van der Waals surface area contributed by atoms with Gasteiger partial charge in [-0.3, -0.25) is 0 Å². The van der Waals surface area contributed by atoms with Crippen molar-refractivity contribution in [3.63, 3.8) is 0 Å². The molecule has 2 unspecified atom stereocenters. The van der Waals surface area contributed by atoms with Gasteiger partial charge in [-0.25, -0.2) is 0 Å². The van der Waals surface area contributed by atoms with Crippen molar-refractivity contribution in [3.8, 4) is 0 Å². The molecular formula is C20H30Cl2Zr. The molecule has 0 bridgehead atoms. The summed E-state index contributed by atoms with van der Waals surface area (Å²) in [5.41, 5.74) is 3.03. The first kappa shape index (κ1) is 23.4. The number of hydrogen-bond donors (Lipinski definition) is 0. The van der Waals surface area contributed by atoms with Crippen molar-refractivity contribution in [2.75, 3.05) is 0 Å². The molecule has 2 rings (SSSR count). The maximum Gasteiger partial charge on any atom is -1.00 e. The second-order valence-electron chi connectivity index (χ2n) is 6.64. The fourth-order valence-electron chi connectivity index (χ4n) is 3.37. The molecule has 0 aromatic heterocycles. The molecule has 0 saturated carbocycles. The molecule has 0 aromatic rings. The van der Waals surface area contributed by atoms with Crippen molar-refractivity contribution in [3.05, 3.63) is 42.0 Å². The van der Waals surface area contributed by atoms with Gasteiger partial charge in [-0.1, -0.05) is 0 Å². The molecule has 0 amide bonds. The Bertz CT molecular complexity index is 442. The minimum Gasteiger partial charge on any atom is -1.00 e. The van der Waals surface area contributed by atoms with Crippen LogP contribution in [0.15, 0.2) is 42.0 Å². The predicted molar refractivity (Wildman–Crippen MR) is 89.7 cm³/mol. The Balaban J connectivity index is 0.00000242. The van der Waals surface area contributed by atoms with Crippen molar-refractivity contribution in [2.24, 2.45) is 11.8 Å². The van der Waals surface area contributed by atoms with Gasteiger partial charge in [0, 0.05) is 0 Å². The molecule has 23 heavy (non-hydrogen) atoms. The van der Waals surface area contributed by atoms with Crippen LogP contribution in [-0.2, 0) is 23.2 Å². The van der Waals surface area contributed by atoms with Gasteiger partial charge in [-0.05, 0) is 0 Å². The van der Waals surface area contributed by atoms with E-state index in [1.165, 1.54) is 49.7 Å². The van der Waals surface area contributed by atoms with E-state index >= 15 is 0 Å². The zero-order valence-electron chi connectivity index (χ0n) is 15.0. The third-order valence-corrected chi connectivity index (χ3v) is 8.47. The van der Waals surface area contributed by atoms with Crippen molar-refractivity contribution in [1.82, 2.24) is 0 Å². The summed E-state index contributed by atoms with van der Waals surface area (Å²) >= 11 is -0.553. The van der Waals surface area contributed by atoms with Gasteiger partial charge in [0.25, 0.3) is 0 Å². The Morgan fingerprint density at radius 2 is 1.17 bits per heavy atom.